The minimum absolute atomic E-state index is 0.397. The van der Waals surface area contributed by atoms with Crippen molar-refractivity contribution >= 4 is 17.3 Å². The van der Waals surface area contributed by atoms with Gasteiger partial charge in [-0.25, -0.2) is 14.3 Å². The van der Waals surface area contributed by atoms with Crippen molar-refractivity contribution in [1.82, 2.24) is 24.8 Å². The molecular formula is C38H44N6O2. The van der Waals surface area contributed by atoms with Crippen LogP contribution in [0.4, 0.5) is 10.5 Å². The van der Waals surface area contributed by atoms with Crippen molar-refractivity contribution in [1.29, 1.82) is 0 Å². The van der Waals surface area contributed by atoms with E-state index in [0.717, 1.165) is 65.2 Å². The highest BCUT2D eigenvalue weighted by Gasteiger charge is 2.21. The number of rotatable bonds is 8. The summed E-state index contributed by atoms with van der Waals surface area (Å²) in [5.74, 6) is 0.625. The van der Waals surface area contributed by atoms with Crippen molar-refractivity contribution in [2.45, 2.75) is 65.0 Å². The van der Waals surface area contributed by atoms with Crippen LogP contribution in [-0.4, -0.2) is 50.8 Å². The standard InChI is InChI=1S/C38H44N6O2/c1-26-20-31(8-9-32(26)23-40-37(45)46-38(2,3)4)36-35-22-33(24-44(35)42-25-41-36)30-7-5-6-27(21-30)14-17-43-18-15-29(16-19-43)28-10-12-34(39)13-11-28/h5-13,20-22,24-25,29H,14-19,23,39H2,1-4H3,(H,40,45). The van der Waals surface area contributed by atoms with E-state index in [-0.39, 0.29) is 0 Å². The molecule has 3 aromatic carbocycles. The molecular weight excluding hydrogens is 572 g/mol. The van der Waals surface area contributed by atoms with Crippen LogP contribution in [0, 0.1) is 6.92 Å². The van der Waals surface area contributed by atoms with Crippen LogP contribution in [-0.2, 0) is 17.7 Å². The highest BCUT2D eigenvalue weighted by molar-refractivity contribution is 5.82. The van der Waals surface area contributed by atoms with E-state index in [1.165, 1.54) is 29.5 Å². The van der Waals surface area contributed by atoms with E-state index < -0.39 is 11.7 Å². The largest absolute Gasteiger partial charge is 0.444 e. The Bertz CT molecular complexity index is 1810. The van der Waals surface area contributed by atoms with Crippen LogP contribution in [0.3, 0.4) is 0 Å². The predicted octanol–water partition coefficient (Wildman–Crippen LogP) is 7.40. The molecule has 1 saturated heterocycles. The normalized spacial score (nSPS) is 14.4. The molecule has 238 valence electrons. The number of hydrogen-bond donors (Lipinski definition) is 2. The second-order valence-corrected chi connectivity index (χ2v) is 13.4. The zero-order chi connectivity index (χ0) is 32.3. The molecule has 1 aliphatic heterocycles. The molecule has 46 heavy (non-hydrogen) atoms. The monoisotopic (exact) mass is 616 g/mol. The molecule has 2 aromatic heterocycles. The zero-order valence-electron chi connectivity index (χ0n) is 27.3. The van der Waals surface area contributed by atoms with Crippen molar-refractivity contribution < 1.29 is 9.53 Å². The highest BCUT2D eigenvalue weighted by Crippen LogP contribution is 2.31. The second-order valence-electron chi connectivity index (χ2n) is 13.4. The van der Waals surface area contributed by atoms with Crippen molar-refractivity contribution in [2.75, 3.05) is 25.4 Å². The van der Waals surface area contributed by atoms with Crippen molar-refractivity contribution in [3.8, 4) is 22.4 Å². The van der Waals surface area contributed by atoms with Crippen LogP contribution in [0.5, 0.6) is 0 Å². The topological polar surface area (TPSA) is 97.8 Å². The predicted molar refractivity (Wildman–Crippen MR) is 185 cm³/mol. The Morgan fingerprint density at radius 3 is 2.50 bits per heavy atom. The van der Waals surface area contributed by atoms with Gasteiger partial charge in [0.2, 0.25) is 0 Å². The van der Waals surface area contributed by atoms with E-state index >= 15 is 0 Å². The second kappa shape index (κ2) is 13.3. The van der Waals surface area contributed by atoms with Gasteiger partial charge >= 0.3 is 6.09 Å². The van der Waals surface area contributed by atoms with Crippen LogP contribution in [0.2, 0.25) is 0 Å². The molecule has 0 spiro atoms. The summed E-state index contributed by atoms with van der Waals surface area (Å²) >= 11 is 0. The summed E-state index contributed by atoms with van der Waals surface area (Å²) in [5.41, 5.74) is 16.1. The molecule has 8 heteroatoms. The number of hydrogen-bond acceptors (Lipinski definition) is 6. The first-order valence-electron chi connectivity index (χ1n) is 16.2. The van der Waals surface area contributed by atoms with E-state index in [4.69, 9.17) is 10.5 Å². The number of nitrogens with one attached hydrogen (secondary N) is 1. The number of carbonyl (C=O) groups excluding carboxylic acids is 1. The smallest absolute Gasteiger partial charge is 0.407 e. The molecule has 0 saturated carbocycles. The lowest BCUT2D eigenvalue weighted by molar-refractivity contribution is 0.0523. The van der Waals surface area contributed by atoms with Gasteiger partial charge in [0.15, 0.2) is 0 Å². The lowest BCUT2D eigenvalue weighted by Crippen LogP contribution is -2.34. The maximum absolute atomic E-state index is 12.1. The Hall–Kier alpha value is -4.69. The summed E-state index contributed by atoms with van der Waals surface area (Å²) < 4.78 is 7.28. The van der Waals surface area contributed by atoms with Gasteiger partial charge in [-0.1, -0.05) is 48.5 Å². The van der Waals surface area contributed by atoms with Gasteiger partial charge in [0.1, 0.15) is 11.9 Å². The summed E-state index contributed by atoms with van der Waals surface area (Å²) in [6.07, 6.45) is 6.66. The zero-order valence-corrected chi connectivity index (χ0v) is 27.3. The first kappa shape index (κ1) is 31.3. The van der Waals surface area contributed by atoms with Gasteiger partial charge in [-0.2, -0.15) is 5.10 Å². The molecule has 3 N–H and O–H groups in total. The van der Waals surface area contributed by atoms with E-state index in [1.54, 1.807) is 6.33 Å². The number of ether oxygens (including phenoxy) is 1. The number of carbonyl (C=O) groups is 1. The summed E-state index contributed by atoms with van der Waals surface area (Å²) in [6, 6.07) is 25.6. The van der Waals surface area contributed by atoms with E-state index in [9.17, 15) is 4.79 Å². The fraction of sp³-hybridized carbons (Fsp3) is 0.342. The molecule has 0 aliphatic carbocycles. The van der Waals surface area contributed by atoms with Crippen molar-refractivity contribution in [3.05, 3.63) is 108 Å². The number of benzene rings is 3. The molecule has 1 amide bonds. The Labute approximate surface area is 271 Å². The maximum Gasteiger partial charge on any atom is 0.407 e. The number of likely N-dealkylation sites (tertiary alicyclic amines) is 1. The average molecular weight is 617 g/mol. The number of anilines is 1. The van der Waals surface area contributed by atoms with E-state index in [1.807, 2.05) is 56.5 Å². The minimum atomic E-state index is -0.532. The van der Waals surface area contributed by atoms with Crippen molar-refractivity contribution in [2.24, 2.45) is 0 Å². The summed E-state index contributed by atoms with van der Waals surface area (Å²) in [6.45, 7) is 11.3. The number of aryl methyl sites for hydroxylation is 1. The van der Waals surface area contributed by atoms with Crippen LogP contribution in [0.1, 0.15) is 61.8 Å². The lowest BCUT2D eigenvalue weighted by atomic mass is 9.89. The van der Waals surface area contributed by atoms with Crippen LogP contribution >= 0.6 is 0 Å². The SMILES string of the molecule is Cc1cc(-c2ncnn3cc(-c4cccc(CCN5CCC(c6ccc(N)cc6)CC5)c4)cc23)ccc1CNC(=O)OC(C)(C)C. The van der Waals surface area contributed by atoms with Gasteiger partial charge in [0, 0.05) is 36.1 Å². The third-order valence-electron chi connectivity index (χ3n) is 8.82. The quantitative estimate of drug-likeness (QED) is 0.176. The first-order chi connectivity index (χ1) is 22.1. The number of amides is 1. The molecule has 0 radical (unpaired) electrons. The molecule has 5 aromatic rings. The Morgan fingerprint density at radius 1 is 0.978 bits per heavy atom. The number of piperidine rings is 1. The van der Waals surface area contributed by atoms with Crippen molar-refractivity contribution in [3.63, 3.8) is 0 Å². The number of nitrogens with two attached hydrogens (primary N) is 1. The highest BCUT2D eigenvalue weighted by atomic mass is 16.6. The van der Waals surface area contributed by atoms with Gasteiger partial charge in [0.25, 0.3) is 0 Å². The molecule has 6 rings (SSSR count). The fourth-order valence-electron chi connectivity index (χ4n) is 6.28. The Kier molecular flexibility index (Phi) is 9.08. The molecule has 0 bridgehead atoms. The van der Waals surface area contributed by atoms with E-state index in [2.05, 4.69) is 75.0 Å². The van der Waals surface area contributed by atoms with E-state index in [0.29, 0.717) is 12.5 Å². The molecule has 1 aliphatic rings. The van der Waals surface area contributed by atoms with Gasteiger partial charge in [-0.15, -0.1) is 0 Å². The molecule has 1 fully saturated rings. The fourth-order valence-corrected chi connectivity index (χ4v) is 6.28. The Balaban J connectivity index is 1.11. The maximum atomic E-state index is 12.1. The lowest BCUT2D eigenvalue weighted by Gasteiger charge is -2.32. The average Bonchev–Trinajstić information content (AvgIpc) is 3.48. The number of fused-ring (bicyclic) bond motifs is 1. The summed E-state index contributed by atoms with van der Waals surface area (Å²) in [7, 11) is 0. The van der Waals surface area contributed by atoms with Crippen LogP contribution in [0.15, 0.2) is 85.3 Å². The third kappa shape index (κ3) is 7.57. The molecule has 3 heterocycles. The van der Waals surface area contributed by atoms with Gasteiger partial charge in [-0.05, 0) is 118 Å². The Morgan fingerprint density at radius 2 is 1.76 bits per heavy atom. The number of alkyl carbamates (subject to hydrolysis) is 1. The number of aromatic nitrogens is 3. The molecule has 8 nitrogen and oxygen atoms in total. The van der Waals surface area contributed by atoms with Gasteiger partial charge in [-0.3, -0.25) is 0 Å². The summed E-state index contributed by atoms with van der Waals surface area (Å²) in [5, 5.41) is 7.37. The number of nitrogen functional groups attached to an aromatic ring is 1. The molecule has 0 atom stereocenters. The number of nitrogens with zero attached hydrogens (tertiary/aromatic N) is 4. The third-order valence-corrected chi connectivity index (χ3v) is 8.82. The minimum Gasteiger partial charge on any atom is -0.444 e. The van der Waals surface area contributed by atoms with Gasteiger partial charge in [0.05, 0.1) is 11.2 Å². The summed E-state index contributed by atoms with van der Waals surface area (Å²) in [4.78, 5) is 19.4. The van der Waals surface area contributed by atoms with Gasteiger partial charge < -0.3 is 20.7 Å². The first-order valence-corrected chi connectivity index (χ1v) is 16.2. The molecule has 0 unspecified atom stereocenters. The van der Waals surface area contributed by atoms with Crippen LogP contribution < -0.4 is 11.1 Å². The van der Waals surface area contributed by atoms with Crippen LogP contribution in [0.25, 0.3) is 27.9 Å².